The molecule has 0 atom stereocenters. The Kier molecular flexibility index (Phi) is 5.07. The summed E-state index contributed by atoms with van der Waals surface area (Å²) in [5.74, 6) is 0.134. The molecule has 0 radical (unpaired) electrons. The van der Waals surface area contributed by atoms with E-state index in [0.717, 1.165) is 42.8 Å². The van der Waals surface area contributed by atoms with Gasteiger partial charge in [-0.25, -0.2) is 4.98 Å². The van der Waals surface area contributed by atoms with Crippen molar-refractivity contribution in [2.24, 2.45) is 0 Å². The van der Waals surface area contributed by atoms with Gasteiger partial charge < -0.3 is 10.2 Å². The van der Waals surface area contributed by atoms with Crippen molar-refractivity contribution in [3.63, 3.8) is 0 Å². The van der Waals surface area contributed by atoms with Crippen molar-refractivity contribution in [2.45, 2.75) is 53.1 Å². The molecule has 25 heavy (non-hydrogen) atoms. The van der Waals surface area contributed by atoms with E-state index in [4.69, 9.17) is 4.98 Å². The van der Waals surface area contributed by atoms with Crippen LogP contribution in [0.25, 0.3) is 16.6 Å². The van der Waals surface area contributed by atoms with Crippen LogP contribution in [-0.2, 0) is 17.8 Å². The normalized spacial score (nSPS) is 14.8. The van der Waals surface area contributed by atoms with Crippen molar-refractivity contribution in [2.75, 3.05) is 6.54 Å². The summed E-state index contributed by atoms with van der Waals surface area (Å²) in [6, 6.07) is 8.54. The number of hydrogen-bond donors (Lipinski definition) is 1. The Bertz CT molecular complexity index is 823. The van der Waals surface area contributed by atoms with Crippen molar-refractivity contribution in [3.8, 4) is 0 Å². The molecule has 0 spiro atoms. The molecule has 2 aromatic rings. The molecule has 132 valence electrons. The fraction of sp³-hybridized carbons (Fsp3) is 0.429. The van der Waals surface area contributed by atoms with Gasteiger partial charge in [0.05, 0.1) is 16.9 Å². The number of benzene rings is 1. The maximum absolute atomic E-state index is 11.9. The number of pyridine rings is 1. The average Bonchev–Trinajstić information content (AvgIpc) is 2.97. The highest BCUT2D eigenvalue weighted by atomic mass is 16.2. The summed E-state index contributed by atoms with van der Waals surface area (Å²) in [5.41, 5.74) is 5.84. The first-order valence-corrected chi connectivity index (χ1v) is 9.15. The number of rotatable bonds is 5. The third-order valence-electron chi connectivity index (χ3n) is 4.86. The topological polar surface area (TPSA) is 45.2 Å². The largest absolute Gasteiger partial charge is 0.379 e. The first kappa shape index (κ1) is 17.5. The molecule has 0 unspecified atom stereocenters. The molecule has 2 heterocycles. The lowest BCUT2D eigenvalue weighted by molar-refractivity contribution is -0.130. The van der Waals surface area contributed by atoms with Crippen LogP contribution in [0.1, 0.15) is 50.9 Å². The summed E-state index contributed by atoms with van der Waals surface area (Å²) < 4.78 is 0. The van der Waals surface area contributed by atoms with Crippen LogP contribution in [0.5, 0.6) is 0 Å². The molecule has 0 fully saturated rings. The van der Waals surface area contributed by atoms with E-state index in [1.54, 1.807) is 6.92 Å². The minimum absolute atomic E-state index is 0.134. The summed E-state index contributed by atoms with van der Waals surface area (Å²) in [6.45, 7) is 9.48. The van der Waals surface area contributed by atoms with E-state index in [0.29, 0.717) is 0 Å². The molecule has 1 aliphatic rings. The molecule has 4 nitrogen and oxygen atoms in total. The molecule has 1 aliphatic heterocycles. The number of nitrogens with one attached hydrogen (secondary N) is 1. The standard InChI is InChI=1S/C21H27N3O/c1-5-8-20-21-18(13-22-20)16(11-12-24(14(2)3)15(4)25)17-9-6-7-10-19(17)23-21/h6-10,14,22H,5,11-13H2,1-4H3/b20-8-. The molecule has 0 saturated carbocycles. The Balaban J connectivity index is 2.05. The number of amides is 1. The van der Waals surface area contributed by atoms with Crippen LogP contribution in [0, 0.1) is 0 Å². The Morgan fingerprint density at radius 2 is 2.12 bits per heavy atom. The molecule has 1 amide bonds. The SMILES string of the molecule is CC/C=C1\NCc2c1nc1ccccc1c2CCN(C(C)=O)C(C)C. The van der Waals surface area contributed by atoms with Crippen molar-refractivity contribution in [1.82, 2.24) is 15.2 Å². The fourth-order valence-corrected chi connectivity index (χ4v) is 3.67. The Hall–Kier alpha value is -2.36. The number of carbonyl (C=O) groups is 1. The molecular formula is C21H27N3O. The lowest BCUT2D eigenvalue weighted by atomic mass is 9.98. The van der Waals surface area contributed by atoms with Gasteiger partial charge in [-0.15, -0.1) is 0 Å². The van der Waals surface area contributed by atoms with Crippen LogP contribution in [-0.4, -0.2) is 28.4 Å². The van der Waals surface area contributed by atoms with Crippen LogP contribution in [0.4, 0.5) is 0 Å². The van der Waals surface area contributed by atoms with Crippen molar-refractivity contribution in [3.05, 3.63) is 47.2 Å². The third-order valence-corrected chi connectivity index (χ3v) is 4.86. The molecule has 0 saturated heterocycles. The van der Waals surface area contributed by atoms with E-state index in [2.05, 4.69) is 50.4 Å². The summed E-state index contributed by atoms with van der Waals surface area (Å²) in [7, 11) is 0. The number of aromatic nitrogens is 1. The van der Waals surface area contributed by atoms with E-state index in [1.807, 2.05) is 11.0 Å². The van der Waals surface area contributed by atoms with E-state index in [-0.39, 0.29) is 11.9 Å². The number of carbonyl (C=O) groups excluding carboxylic acids is 1. The van der Waals surface area contributed by atoms with E-state index in [1.165, 1.54) is 16.5 Å². The number of fused-ring (bicyclic) bond motifs is 2. The lowest BCUT2D eigenvalue weighted by Gasteiger charge is -2.26. The molecular weight excluding hydrogens is 310 g/mol. The highest BCUT2D eigenvalue weighted by Gasteiger charge is 2.23. The second-order valence-electron chi connectivity index (χ2n) is 6.87. The summed E-state index contributed by atoms with van der Waals surface area (Å²) in [4.78, 5) is 18.8. The highest BCUT2D eigenvalue weighted by molar-refractivity contribution is 5.87. The first-order chi connectivity index (χ1) is 12.0. The van der Waals surface area contributed by atoms with Crippen molar-refractivity contribution >= 4 is 22.5 Å². The molecule has 1 aromatic carbocycles. The monoisotopic (exact) mass is 337 g/mol. The van der Waals surface area contributed by atoms with E-state index < -0.39 is 0 Å². The summed E-state index contributed by atoms with van der Waals surface area (Å²) in [5, 5.41) is 4.69. The quantitative estimate of drug-likeness (QED) is 0.900. The minimum Gasteiger partial charge on any atom is -0.379 e. The predicted molar refractivity (Wildman–Crippen MR) is 103 cm³/mol. The van der Waals surface area contributed by atoms with Gasteiger partial charge in [0.25, 0.3) is 0 Å². The van der Waals surface area contributed by atoms with Crippen molar-refractivity contribution in [1.29, 1.82) is 0 Å². The zero-order chi connectivity index (χ0) is 18.0. The van der Waals surface area contributed by atoms with Crippen LogP contribution in [0.2, 0.25) is 0 Å². The molecule has 4 heteroatoms. The zero-order valence-electron chi connectivity index (χ0n) is 15.6. The lowest BCUT2D eigenvalue weighted by Crippen LogP contribution is -2.36. The van der Waals surface area contributed by atoms with E-state index >= 15 is 0 Å². The third kappa shape index (κ3) is 3.39. The Morgan fingerprint density at radius 1 is 1.36 bits per heavy atom. The second kappa shape index (κ2) is 7.26. The number of allylic oxidation sites excluding steroid dienone is 1. The molecule has 3 rings (SSSR count). The van der Waals surface area contributed by atoms with Gasteiger partial charge in [0.15, 0.2) is 0 Å². The summed E-state index contributed by atoms with van der Waals surface area (Å²) in [6.07, 6.45) is 4.04. The van der Waals surface area contributed by atoms with Gasteiger partial charge in [0.2, 0.25) is 5.91 Å². The first-order valence-electron chi connectivity index (χ1n) is 9.15. The van der Waals surface area contributed by atoms with Crippen LogP contribution < -0.4 is 5.32 Å². The second-order valence-corrected chi connectivity index (χ2v) is 6.87. The molecule has 1 aromatic heterocycles. The van der Waals surface area contributed by atoms with Gasteiger partial charge in [0, 0.05) is 37.0 Å². The van der Waals surface area contributed by atoms with Crippen molar-refractivity contribution < 1.29 is 4.79 Å². The minimum atomic E-state index is 0.134. The van der Waals surface area contributed by atoms with Crippen LogP contribution >= 0.6 is 0 Å². The van der Waals surface area contributed by atoms with Gasteiger partial charge in [0.1, 0.15) is 0 Å². The van der Waals surface area contributed by atoms with Gasteiger partial charge >= 0.3 is 0 Å². The number of hydrogen-bond acceptors (Lipinski definition) is 3. The van der Waals surface area contributed by atoms with Gasteiger partial charge in [-0.1, -0.05) is 31.2 Å². The molecule has 1 N–H and O–H groups in total. The maximum Gasteiger partial charge on any atom is 0.219 e. The molecule has 0 aliphatic carbocycles. The maximum atomic E-state index is 11.9. The number of para-hydroxylation sites is 1. The molecule has 0 bridgehead atoms. The van der Waals surface area contributed by atoms with Gasteiger partial charge in [-0.05, 0) is 38.3 Å². The van der Waals surface area contributed by atoms with Crippen LogP contribution in [0.3, 0.4) is 0 Å². The Morgan fingerprint density at radius 3 is 2.80 bits per heavy atom. The zero-order valence-corrected chi connectivity index (χ0v) is 15.6. The average molecular weight is 337 g/mol. The van der Waals surface area contributed by atoms with E-state index in [9.17, 15) is 4.79 Å². The summed E-state index contributed by atoms with van der Waals surface area (Å²) >= 11 is 0. The predicted octanol–water partition coefficient (Wildman–Crippen LogP) is 3.89. The number of nitrogens with zero attached hydrogens (tertiary/aromatic N) is 2. The highest BCUT2D eigenvalue weighted by Crippen LogP contribution is 2.31. The Labute approximate surface area is 149 Å². The smallest absolute Gasteiger partial charge is 0.219 e. The van der Waals surface area contributed by atoms with Crippen LogP contribution in [0.15, 0.2) is 30.3 Å². The van der Waals surface area contributed by atoms with Gasteiger partial charge in [-0.2, -0.15) is 0 Å². The van der Waals surface area contributed by atoms with Gasteiger partial charge in [-0.3, -0.25) is 4.79 Å². The fourth-order valence-electron chi connectivity index (χ4n) is 3.67.